The summed E-state index contributed by atoms with van der Waals surface area (Å²) in [6, 6.07) is 7.55. The lowest BCUT2D eigenvalue weighted by Crippen LogP contribution is -2.61. The number of rotatable bonds is 4. The zero-order valence-electron chi connectivity index (χ0n) is 17.0. The highest BCUT2D eigenvalue weighted by Crippen LogP contribution is 2.22. The molecule has 7 heteroatoms. The summed E-state index contributed by atoms with van der Waals surface area (Å²) >= 11 is 0. The predicted molar refractivity (Wildman–Crippen MR) is 108 cm³/mol. The van der Waals surface area contributed by atoms with Crippen LogP contribution < -0.4 is 0 Å². The van der Waals surface area contributed by atoms with Crippen molar-refractivity contribution in [3.05, 3.63) is 36.0 Å². The van der Waals surface area contributed by atoms with Crippen molar-refractivity contribution in [1.29, 1.82) is 0 Å². The Labute approximate surface area is 165 Å². The molecule has 2 aromatic rings. The highest BCUT2D eigenvalue weighted by molar-refractivity contribution is 5.88. The van der Waals surface area contributed by atoms with E-state index in [9.17, 15) is 14.4 Å². The SMILES string of the molecule is CC(=O)N1CCN(C(=O)CCc2cn(C)c3ccccc23)C[C@@H]1C(=O)N(C)C. The minimum Gasteiger partial charge on any atom is -0.350 e. The van der Waals surface area contributed by atoms with E-state index in [2.05, 4.69) is 22.9 Å². The lowest BCUT2D eigenvalue weighted by atomic mass is 10.1. The fraction of sp³-hybridized carbons (Fsp3) is 0.476. The Hall–Kier alpha value is -2.83. The normalized spacial score (nSPS) is 17.1. The van der Waals surface area contributed by atoms with E-state index in [1.807, 2.05) is 19.2 Å². The number of likely N-dealkylation sites (N-methyl/N-ethyl adjacent to an activating group) is 1. The van der Waals surface area contributed by atoms with Gasteiger partial charge >= 0.3 is 0 Å². The van der Waals surface area contributed by atoms with Gasteiger partial charge in [-0.2, -0.15) is 0 Å². The van der Waals surface area contributed by atoms with Crippen LogP contribution in [0.25, 0.3) is 10.9 Å². The van der Waals surface area contributed by atoms with Crippen molar-refractivity contribution < 1.29 is 14.4 Å². The maximum Gasteiger partial charge on any atom is 0.246 e. The number of amides is 3. The Bertz CT molecular complexity index is 902. The standard InChI is InChI=1S/C21H28N4O3/c1-15(26)25-12-11-24(14-19(25)21(28)22(2)3)20(27)10-9-16-13-23(4)18-8-6-5-7-17(16)18/h5-8,13,19H,9-12,14H2,1-4H3/t19-/m1/s1. The predicted octanol–water partition coefficient (Wildman–Crippen LogP) is 1.26. The highest BCUT2D eigenvalue weighted by atomic mass is 16.2. The molecule has 2 heterocycles. The summed E-state index contributed by atoms with van der Waals surface area (Å²) in [4.78, 5) is 42.0. The van der Waals surface area contributed by atoms with Crippen molar-refractivity contribution in [2.45, 2.75) is 25.8 Å². The second-order valence-corrected chi connectivity index (χ2v) is 7.58. The lowest BCUT2D eigenvalue weighted by Gasteiger charge is -2.41. The van der Waals surface area contributed by atoms with Crippen molar-refractivity contribution in [2.24, 2.45) is 7.05 Å². The van der Waals surface area contributed by atoms with Crippen LogP contribution in [0.3, 0.4) is 0 Å². The third kappa shape index (κ3) is 3.88. The fourth-order valence-corrected chi connectivity index (χ4v) is 3.92. The fourth-order valence-electron chi connectivity index (χ4n) is 3.92. The van der Waals surface area contributed by atoms with Crippen LogP contribution >= 0.6 is 0 Å². The molecule has 1 aliphatic rings. The molecule has 1 fully saturated rings. The van der Waals surface area contributed by atoms with Crippen molar-refractivity contribution >= 4 is 28.6 Å². The van der Waals surface area contributed by atoms with Crippen molar-refractivity contribution in [2.75, 3.05) is 33.7 Å². The molecule has 1 atom stereocenters. The number of hydrogen-bond acceptors (Lipinski definition) is 3. The van der Waals surface area contributed by atoms with E-state index >= 15 is 0 Å². The topological polar surface area (TPSA) is 65.9 Å². The molecular formula is C21H28N4O3. The molecule has 1 saturated heterocycles. The first-order valence-corrected chi connectivity index (χ1v) is 9.58. The van der Waals surface area contributed by atoms with Crippen LogP contribution in [0.5, 0.6) is 0 Å². The van der Waals surface area contributed by atoms with Gasteiger partial charge in [0.2, 0.25) is 17.7 Å². The number of piperazine rings is 1. The molecule has 1 aromatic carbocycles. The summed E-state index contributed by atoms with van der Waals surface area (Å²) in [5, 5.41) is 1.17. The van der Waals surface area contributed by atoms with Crippen LogP contribution in [0, 0.1) is 0 Å². The molecule has 3 amide bonds. The summed E-state index contributed by atoms with van der Waals surface area (Å²) in [5.74, 6) is -0.266. The minimum absolute atomic E-state index is 0.0210. The van der Waals surface area contributed by atoms with E-state index in [0.717, 1.165) is 11.1 Å². The smallest absolute Gasteiger partial charge is 0.246 e. The van der Waals surface area contributed by atoms with Gasteiger partial charge in [-0.05, 0) is 18.1 Å². The summed E-state index contributed by atoms with van der Waals surface area (Å²) in [7, 11) is 5.34. The molecule has 3 rings (SSSR count). The molecule has 0 spiro atoms. The summed E-state index contributed by atoms with van der Waals surface area (Å²) in [6.07, 6.45) is 3.11. The average Bonchev–Trinajstić information content (AvgIpc) is 3.01. The van der Waals surface area contributed by atoms with Gasteiger partial charge in [-0.1, -0.05) is 18.2 Å². The third-order valence-electron chi connectivity index (χ3n) is 5.45. The average molecular weight is 384 g/mol. The van der Waals surface area contributed by atoms with Gasteiger partial charge in [-0.3, -0.25) is 14.4 Å². The number of carbonyl (C=O) groups is 3. The van der Waals surface area contributed by atoms with E-state index in [0.29, 0.717) is 25.9 Å². The molecule has 0 saturated carbocycles. The molecule has 0 bridgehead atoms. The molecule has 7 nitrogen and oxygen atoms in total. The number of aryl methyl sites for hydroxylation is 2. The molecule has 0 radical (unpaired) electrons. The van der Waals surface area contributed by atoms with Crippen LogP contribution in [0.4, 0.5) is 0 Å². The third-order valence-corrected chi connectivity index (χ3v) is 5.45. The van der Waals surface area contributed by atoms with Gasteiger partial charge in [0.15, 0.2) is 0 Å². The first kappa shape index (κ1) is 19.9. The highest BCUT2D eigenvalue weighted by Gasteiger charge is 2.36. The van der Waals surface area contributed by atoms with E-state index in [-0.39, 0.29) is 24.3 Å². The molecule has 150 valence electrons. The Morgan fingerprint density at radius 3 is 2.54 bits per heavy atom. The quantitative estimate of drug-likeness (QED) is 0.797. The van der Waals surface area contributed by atoms with E-state index in [4.69, 9.17) is 0 Å². The molecule has 1 aromatic heterocycles. The van der Waals surface area contributed by atoms with Gasteiger partial charge in [0.1, 0.15) is 6.04 Å². The van der Waals surface area contributed by atoms with Crippen molar-refractivity contribution in [3.63, 3.8) is 0 Å². The Kier molecular flexibility index (Phi) is 5.72. The van der Waals surface area contributed by atoms with Gasteiger partial charge in [-0.15, -0.1) is 0 Å². The van der Waals surface area contributed by atoms with E-state index in [1.165, 1.54) is 17.2 Å². The molecule has 1 aliphatic heterocycles. The lowest BCUT2D eigenvalue weighted by molar-refractivity contribution is -0.150. The second-order valence-electron chi connectivity index (χ2n) is 7.58. The maximum absolute atomic E-state index is 12.8. The van der Waals surface area contributed by atoms with Gasteiger partial charge < -0.3 is 19.3 Å². The number of aromatic nitrogens is 1. The molecule has 0 aliphatic carbocycles. The number of nitrogens with zero attached hydrogens (tertiary/aromatic N) is 4. The number of para-hydroxylation sites is 1. The van der Waals surface area contributed by atoms with Gasteiger partial charge in [0, 0.05) is 64.7 Å². The van der Waals surface area contributed by atoms with Crippen LogP contribution in [0.1, 0.15) is 18.9 Å². The van der Waals surface area contributed by atoms with Crippen LogP contribution in [0.2, 0.25) is 0 Å². The molecule has 28 heavy (non-hydrogen) atoms. The summed E-state index contributed by atoms with van der Waals surface area (Å²) in [6.45, 7) is 2.57. The number of benzene rings is 1. The zero-order chi connectivity index (χ0) is 20.4. The monoisotopic (exact) mass is 384 g/mol. The molecule has 0 unspecified atom stereocenters. The summed E-state index contributed by atoms with van der Waals surface area (Å²) < 4.78 is 2.08. The first-order valence-electron chi connectivity index (χ1n) is 9.58. The van der Waals surface area contributed by atoms with E-state index in [1.54, 1.807) is 23.9 Å². The number of hydrogen-bond donors (Lipinski definition) is 0. The van der Waals surface area contributed by atoms with Crippen LogP contribution in [-0.2, 0) is 27.9 Å². The maximum atomic E-state index is 12.8. The zero-order valence-corrected chi connectivity index (χ0v) is 17.0. The van der Waals surface area contributed by atoms with Gasteiger partial charge in [-0.25, -0.2) is 0 Å². The second kappa shape index (κ2) is 8.04. The Morgan fingerprint density at radius 2 is 1.86 bits per heavy atom. The number of carbonyl (C=O) groups excluding carboxylic acids is 3. The Morgan fingerprint density at radius 1 is 1.14 bits per heavy atom. The van der Waals surface area contributed by atoms with Crippen LogP contribution in [0.15, 0.2) is 30.5 Å². The molecule has 0 N–H and O–H groups in total. The van der Waals surface area contributed by atoms with E-state index < -0.39 is 6.04 Å². The van der Waals surface area contributed by atoms with Gasteiger partial charge in [0.25, 0.3) is 0 Å². The largest absolute Gasteiger partial charge is 0.350 e. The number of fused-ring (bicyclic) bond motifs is 1. The van der Waals surface area contributed by atoms with Crippen LogP contribution in [-0.4, -0.2) is 76.8 Å². The summed E-state index contributed by atoms with van der Waals surface area (Å²) in [5.41, 5.74) is 2.30. The first-order chi connectivity index (χ1) is 13.3. The van der Waals surface area contributed by atoms with Crippen molar-refractivity contribution in [3.8, 4) is 0 Å². The minimum atomic E-state index is -0.609. The molecular weight excluding hydrogens is 356 g/mol. The van der Waals surface area contributed by atoms with Crippen molar-refractivity contribution in [1.82, 2.24) is 19.3 Å². The Balaban J connectivity index is 1.68. The van der Waals surface area contributed by atoms with Gasteiger partial charge in [0.05, 0.1) is 6.54 Å².